The van der Waals surface area contributed by atoms with Crippen LogP contribution in [0, 0.1) is 6.92 Å². The SMILES string of the molecule is C=C(NCCNC(=C)c1ccccc1C)c1ccccc1. The predicted molar refractivity (Wildman–Crippen MR) is 91.7 cm³/mol. The molecule has 0 radical (unpaired) electrons. The second-order valence-corrected chi connectivity index (χ2v) is 4.99. The Morgan fingerprint density at radius 3 is 2.05 bits per heavy atom. The molecule has 2 nitrogen and oxygen atoms in total. The summed E-state index contributed by atoms with van der Waals surface area (Å²) < 4.78 is 0. The van der Waals surface area contributed by atoms with Crippen LogP contribution in [0.3, 0.4) is 0 Å². The summed E-state index contributed by atoms with van der Waals surface area (Å²) in [6.07, 6.45) is 0. The quantitative estimate of drug-likeness (QED) is 0.752. The Morgan fingerprint density at radius 1 is 0.810 bits per heavy atom. The van der Waals surface area contributed by atoms with E-state index in [4.69, 9.17) is 0 Å². The minimum Gasteiger partial charge on any atom is -0.383 e. The molecule has 0 atom stereocenters. The first-order chi connectivity index (χ1) is 10.2. The number of benzene rings is 2. The Morgan fingerprint density at radius 2 is 1.38 bits per heavy atom. The zero-order chi connectivity index (χ0) is 15.1. The van der Waals surface area contributed by atoms with Gasteiger partial charge >= 0.3 is 0 Å². The van der Waals surface area contributed by atoms with Gasteiger partial charge in [0, 0.05) is 24.5 Å². The maximum Gasteiger partial charge on any atom is 0.0344 e. The highest BCUT2D eigenvalue weighted by molar-refractivity contribution is 5.64. The lowest BCUT2D eigenvalue weighted by Gasteiger charge is -2.14. The van der Waals surface area contributed by atoms with Crippen LogP contribution in [0.5, 0.6) is 0 Å². The van der Waals surface area contributed by atoms with E-state index in [2.05, 4.69) is 55.0 Å². The maximum atomic E-state index is 4.10. The molecule has 0 aliphatic carbocycles. The van der Waals surface area contributed by atoms with Gasteiger partial charge in [0.05, 0.1) is 0 Å². The molecule has 2 aromatic rings. The lowest BCUT2D eigenvalue weighted by molar-refractivity contribution is 0.788. The minimum atomic E-state index is 0.804. The van der Waals surface area contributed by atoms with Crippen LogP contribution in [0.25, 0.3) is 11.4 Å². The standard InChI is InChI=1S/C19H22N2/c1-15-9-7-8-12-19(15)17(3)21-14-13-20-16(2)18-10-5-4-6-11-18/h4-12,20-21H,2-3,13-14H2,1H3. The van der Waals surface area contributed by atoms with Gasteiger partial charge in [0.15, 0.2) is 0 Å². The van der Waals surface area contributed by atoms with Crippen molar-refractivity contribution in [3.63, 3.8) is 0 Å². The second-order valence-electron chi connectivity index (χ2n) is 4.99. The molecule has 0 unspecified atom stereocenters. The van der Waals surface area contributed by atoms with Crippen LogP contribution in [0.15, 0.2) is 67.8 Å². The van der Waals surface area contributed by atoms with Crippen LogP contribution >= 0.6 is 0 Å². The minimum absolute atomic E-state index is 0.804. The van der Waals surface area contributed by atoms with Gasteiger partial charge in [-0.15, -0.1) is 0 Å². The number of rotatable bonds is 7. The van der Waals surface area contributed by atoms with E-state index >= 15 is 0 Å². The van der Waals surface area contributed by atoms with Crippen LogP contribution in [0.2, 0.25) is 0 Å². The molecule has 108 valence electrons. The molecule has 2 aromatic carbocycles. The van der Waals surface area contributed by atoms with Gasteiger partial charge in [-0.05, 0) is 23.6 Å². The van der Waals surface area contributed by atoms with Crippen molar-refractivity contribution in [2.75, 3.05) is 13.1 Å². The Hall–Kier alpha value is -2.48. The molecule has 2 heteroatoms. The zero-order valence-electron chi connectivity index (χ0n) is 12.5. The third-order valence-corrected chi connectivity index (χ3v) is 3.39. The maximum absolute atomic E-state index is 4.10. The Balaban J connectivity index is 1.76. The van der Waals surface area contributed by atoms with Crippen LogP contribution in [-0.2, 0) is 0 Å². The number of aryl methyl sites for hydroxylation is 1. The first-order valence-corrected chi connectivity index (χ1v) is 7.15. The van der Waals surface area contributed by atoms with Gasteiger partial charge in [-0.3, -0.25) is 0 Å². The monoisotopic (exact) mass is 278 g/mol. The average molecular weight is 278 g/mol. The molecular formula is C19H22N2. The first kappa shape index (κ1) is 14.9. The molecule has 21 heavy (non-hydrogen) atoms. The van der Waals surface area contributed by atoms with Gasteiger partial charge < -0.3 is 10.6 Å². The number of nitrogens with one attached hydrogen (secondary N) is 2. The summed E-state index contributed by atoms with van der Waals surface area (Å²) in [6.45, 7) is 11.9. The number of hydrogen-bond acceptors (Lipinski definition) is 2. The Bertz CT molecular complexity index is 614. The second kappa shape index (κ2) is 7.34. The van der Waals surface area contributed by atoms with Crippen molar-refractivity contribution in [3.05, 3.63) is 84.4 Å². The third kappa shape index (κ3) is 4.25. The molecule has 0 aromatic heterocycles. The largest absolute Gasteiger partial charge is 0.383 e. The molecule has 0 spiro atoms. The smallest absolute Gasteiger partial charge is 0.0344 e. The summed E-state index contributed by atoms with van der Waals surface area (Å²) in [5.74, 6) is 0. The molecule has 0 fully saturated rings. The van der Waals surface area contributed by atoms with Gasteiger partial charge in [0.2, 0.25) is 0 Å². The highest BCUT2D eigenvalue weighted by Crippen LogP contribution is 2.14. The Kier molecular flexibility index (Phi) is 5.22. The van der Waals surface area contributed by atoms with Crippen molar-refractivity contribution in [3.8, 4) is 0 Å². The lowest BCUT2D eigenvalue weighted by Crippen LogP contribution is -2.25. The molecular weight excluding hydrogens is 256 g/mol. The van der Waals surface area contributed by atoms with E-state index in [0.29, 0.717) is 0 Å². The summed E-state index contributed by atoms with van der Waals surface area (Å²) in [5, 5.41) is 6.67. The summed E-state index contributed by atoms with van der Waals surface area (Å²) in [5.41, 5.74) is 5.42. The van der Waals surface area contributed by atoms with Gasteiger partial charge in [-0.1, -0.05) is 67.8 Å². The van der Waals surface area contributed by atoms with Gasteiger partial charge in [0.1, 0.15) is 0 Å². The van der Waals surface area contributed by atoms with E-state index in [1.54, 1.807) is 0 Å². The number of hydrogen-bond donors (Lipinski definition) is 2. The third-order valence-electron chi connectivity index (χ3n) is 3.39. The molecule has 0 bridgehead atoms. The fourth-order valence-electron chi connectivity index (χ4n) is 2.17. The highest BCUT2D eigenvalue weighted by Gasteiger charge is 2.01. The van der Waals surface area contributed by atoms with E-state index < -0.39 is 0 Å². The fourth-order valence-corrected chi connectivity index (χ4v) is 2.17. The lowest BCUT2D eigenvalue weighted by atomic mass is 10.1. The summed E-state index contributed by atoms with van der Waals surface area (Å²) in [6, 6.07) is 18.4. The van der Waals surface area contributed by atoms with Crippen molar-refractivity contribution in [1.29, 1.82) is 0 Å². The predicted octanol–water partition coefficient (Wildman–Crippen LogP) is 3.82. The molecule has 0 amide bonds. The van der Waals surface area contributed by atoms with Crippen molar-refractivity contribution in [2.24, 2.45) is 0 Å². The van der Waals surface area contributed by atoms with E-state index in [-0.39, 0.29) is 0 Å². The van der Waals surface area contributed by atoms with Gasteiger partial charge in [-0.25, -0.2) is 0 Å². The van der Waals surface area contributed by atoms with Crippen molar-refractivity contribution in [2.45, 2.75) is 6.92 Å². The molecule has 0 saturated carbocycles. The molecule has 2 rings (SSSR count). The molecule has 2 N–H and O–H groups in total. The molecule has 0 aliphatic heterocycles. The normalized spacial score (nSPS) is 9.95. The molecule has 0 aliphatic rings. The first-order valence-electron chi connectivity index (χ1n) is 7.15. The topological polar surface area (TPSA) is 24.1 Å². The van der Waals surface area contributed by atoms with Crippen molar-refractivity contribution in [1.82, 2.24) is 10.6 Å². The zero-order valence-corrected chi connectivity index (χ0v) is 12.5. The summed E-state index contributed by atoms with van der Waals surface area (Å²) in [7, 11) is 0. The van der Waals surface area contributed by atoms with Crippen molar-refractivity contribution < 1.29 is 0 Å². The van der Waals surface area contributed by atoms with Gasteiger partial charge in [-0.2, -0.15) is 0 Å². The van der Waals surface area contributed by atoms with E-state index in [0.717, 1.165) is 30.0 Å². The fraction of sp³-hybridized carbons (Fsp3) is 0.158. The summed E-state index contributed by atoms with van der Waals surface area (Å²) >= 11 is 0. The van der Waals surface area contributed by atoms with E-state index in [1.165, 1.54) is 11.1 Å². The van der Waals surface area contributed by atoms with E-state index in [9.17, 15) is 0 Å². The van der Waals surface area contributed by atoms with Gasteiger partial charge in [0.25, 0.3) is 0 Å². The van der Waals surface area contributed by atoms with Crippen LogP contribution < -0.4 is 10.6 Å². The van der Waals surface area contributed by atoms with Crippen LogP contribution in [0.4, 0.5) is 0 Å². The average Bonchev–Trinajstić information content (AvgIpc) is 2.52. The van der Waals surface area contributed by atoms with E-state index in [1.807, 2.05) is 30.3 Å². The molecule has 0 saturated heterocycles. The Labute approximate surface area is 127 Å². The summed E-state index contributed by atoms with van der Waals surface area (Å²) in [4.78, 5) is 0. The molecule has 0 heterocycles. The highest BCUT2D eigenvalue weighted by atomic mass is 15.0. The van der Waals surface area contributed by atoms with Crippen LogP contribution in [-0.4, -0.2) is 13.1 Å². The van der Waals surface area contributed by atoms with Crippen molar-refractivity contribution >= 4 is 11.4 Å². The van der Waals surface area contributed by atoms with Crippen LogP contribution in [0.1, 0.15) is 16.7 Å².